The van der Waals surface area contributed by atoms with Gasteiger partial charge in [0.15, 0.2) is 0 Å². The Hall–Kier alpha value is -2.58. The van der Waals surface area contributed by atoms with E-state index in [-0.39, 0.29) is 10.5 Å². The molecule has 1 amide bonds. The molecule has 24 heavy (non-hydrogen) atoms. The largest absolute Gasteiger partial charge is 0.271 e. The van der Waals surface area contributed by atoms with Crippen LogP contribution in [0.3, 0.4) is 0 Å². The molecule has 0 spiro atoms. The van der Waals surface area contributed by atoms with Crippen molar-refractivity contribution in [2.45, 2.75) is 11.8 Å². The molecule has 0 aliphatic rings. The quantitative estimate of drug-likeness (QED) is 0.638. The van der Waals surface area contributed by atoms with Gasteiger partial charge in [-0.05, 0) is 55.9 Å². The lowest BCUT2D eigenvalue weighted by Gasteiger charge is -2.05. The molecule has 8 heteroatoms. The molecule has 0 fully saturated rings. The highest BCUT2D eigenvalue weighted by Crippen LogP contribution is 2.11. The molecule has 2 aromatic carbocycles. The van der Waals surface area contributed by atoms with Gasteiger partial charge in [-0.25, -0.2) is 23.0 Å². The van der Waals surface area contributed by atoms with E-state index in [9.17, 15) is 17.6 Å². The van der Waals surface area contributed by atoms with Gasteiger partial charge >= 0.3 is 0 Å². The number of nitrogens with zero attached hydrogens (tertiary/aromatic N) is 1. The number of hydrazone groups is 1. The van der Waals surface area contributed by atoms with Crippen molar-refractivity contribution in [3.63, 3.8) is 0 Å². The summed E-state index contributed by atoms with van der Waals surface area (Å²) in [7, 11) is -2.16. The third-order valence-electron chi connectivity index (χ3n) is 3.28. The van der Waals surface area contributed by atoms with Crippen LogP contribution in [0.15, 0.2) is 58.5 Å². The molecule has 0 radical (unpaired) electrons. The van der Waals surface area contributed by atoms with Crippen molar-refractivity contribution >= 4 is 21.6 Å². The smallest absolute Gasteiger partial charge is 0.267 e. The maximum absolute atomic E-state index is 12.8. The second-order valence-electron chi connectivity index (χ2n) is 4.88. The predicted octanol–water partition coefficient (Wildman–Crippen LogP) is 1.89. The summed E-state index contributed by atoms with van der Waals surface area (Å²) < 4.78 is 38.4. The summed E-state index contributed by atoms with van der Waals surface area (Å²) in [5.74, 6) is -0.897. The van der Waals surface area contributed by atoms with Gasteiger partial charge < -0.3 is 0 Å². The van der Waals surface area contributed by atoms with Crippen LogP contribution in [-0.2, 0) is 10.0 Å². The molecule has 0 bridgehead atoms. The average Bonchev–Trinajstić information content (AvgIpc) is 2.60. The topological polar surface area (TPSA) is 87.6 Å². The molecule has 0 aromatic heterocycles. The summed E-state index contributed by atoms with van der Waals surface area (Å²) in [5, 5.41) is 3.96. The van der Waals surface area contributed by atoms with Gasteiger partial charge in [0.2, 0.25) is 10.0 Å². The molecule has 2 aromatic rings. The van der Waals surface area contributed by atoms with Crippen LogP contribution in [0.4, 0.5) is 4.39 Å². The van der Waals surface area contributed by atoms with Crippen molar-refractivity contribution in [2.75, 3.05) is 7.05 Å². The minimum absolute atomic E-state index is 0.136. The fourth-order valence-electron chi connectivity index (χ4n) is 1.86. The van der Waals surface area contributed by atoms with E-state index in [0.717, 1.165) is 0 Å². The van der Waals surface area contributed by atoms with Gasteiger partial charge in [-0.1, -0.05) is 12.1 Å². The third kappa shape index (κ3) is 4.24. The molecule has 126 valence electrons. The SMILES string of the molecule is CNS(=O)(=O)c1ccc(/C(C)=N\NC(=O)c2ccc(F)cc2)cc1. The second kappa shape index (κ2) is 7.33. The van der Waals surface area contributed by atoms with Crippen molar-refractivity contribution in [2.24, 2.45) is 5.10 Å². The number of benzene rings is 2. The lowest BCUT2D eigenvalue weighted by Crippen LogP contribution is -2.20. The first-order valence-corrected chi connectivity index (χ1v) is 8.46. The number of carbonyl (C=O) groups excluding carboxylic acids is 1. The summed E-state index contributed by atoms with van der Waals surface area (Å²) in [6.45, 7) is 1.67. The second-order valence-corrected chi connectivity index (χ2v) is 6.76. The maximum Gasteiger partial charge on any atom is 0.271 e. The van der Waals surface area contributed by atoms with E-state index < -0.39 is 21.7 Å². The molecule has 0 saturated carbocycles. The summed E-state index contributed by atoms with van der Waals surface area (Å²) in [5.41, 5.74) is 3.81. The molecule has 0 aliphatic carbocycles. The minimum Gasteiger partial charge on any atom is -0.267 e. The Bertz CT molecular complexity index is 860. The summed E-state index contributed by atoms with van der Waals surface area (Å²) >= 11 is 0. The number of nitrogens with one attached hydrogen (secondary N) is 2. The third-order valence-corrected chi connectivity index (χ3v) is 4.71. The van der Waals surface area contributed by atoms with E-state index in [1.54, 1.807) is 19.1 Å². The molecule has 0 saturated heterocycles. The lowest BCUT2D eigenvalue weighted by atomic mass is 10.1. The fraction of sp³-hybridized carbons (Fsp3) is 0.125. The van der Waals surface area contributed by atoms with Crippen molar-refractivity contribution < 1.29 is 17.6 Å². The van der Waals surface area contributed by atoms with Crippen molar-refractivity contribution in [3.05, 3.63) is 65.5 Å². The number of hydrogen-bond donors (Lipinski definition) is 2. The van der Waals surface area contributed by atoms with Gasteiger partial charge in [0.1, 0.15) is 5.82 Å². The Morgan fingerprint density at radius 3 is 2.08 bits per heavy atom. The Morgan fingerprint density at radius 1 is 1.00 bits per heavy atom. The first-order valence-electron chi connectivity index (χ1n) is 6.97. The van der Waals surface area contributed by atoms with Crippen LogP contribution in [-0.4, -0.2) is 27.1 Å². The van der Waals surface area contributed by atoms with E-state index in [1.807, 2.05) is 0 Å². The van der Waals surface area contributed by atoms with Crippen LogP contribution in [0.1, 0.15) is 22.8 Å². The van der Waals surface area contributed by atoms with Crippen molar-refractivity contribution in [3.8, 4) is 0 Å². The fourth-order valence-corrected chi connectivity index (χ4v) is 2.59. The minimum atomic E-state index is -3.50. The number of rotatable bonds is 5. The van der Waals surface area contributed by atoms with E-state index in [0.29, 0.717) is 11.3 Å². The highest BCUT2D eigenvalue weighted by atomic mass is 32.2. The van der Waals surface area contributed by atoms with E-state index in [2.05, 4.69) is 15.2 Å². The predicted molar refractivity (Wildman–Crippen MR) is 88.8 cm³/mol. The molecule has 0 heterocycles. The zero-order valence-corrected chi connectivity index (χ0v) is 13.9. The molecule has 0 unspecified atom stereocenters. The van der Waals surface area contributed by atoms with Gasteiger partial charge in [0.05, 0.1) is 10.6 Å². The first-order chi connectivity index (χ1) is 11.3. The van der Waals surface area contributed by atoms with Gasteiger partial charge in [0.25, 0.3) is 5.91 Å². The lowest BCUT2D eigenvalue weighted by molar-refractivity contribution is 0.0955. The van der Waals surface area contributed by atoms with Crippen molar-refractivity contribution in [1.29, 1.82) is 0 Å². The molecule has 0 atom stereocenters. The van der Waals surface area contributed by atoms with Gasteiger partial charge in [0, 0.05) is 5.56 Å². The molecule has 2 N–H and O–H groups in total. The summed E-state index contributed by atoms with van der Waals surface area (Å²) in [4.78, 5) is 12.0. The van der Waals surface area contributed by atoms with E-state index >= 15 is 0 Å². The number of sulfonamides is 1. The number of amides is 1. The molecule has 0 aliphatic heterocycles. The molecular weight excluding hydrogens is 333 g/mol. The Labute approximate surface area is 139 Å². The highest BCUT2D eigenvalue weighted by Gasteiger charge is 2.11. The first kappa shape index (κ1) is 17.8. The van der Waals surface area contributed by atoms with Crippen LogP contribution >= 0.6 is 0 Å². The van der Waals surface area contributed by atoms with Crippen LogP contribution in [0.5, 0.6) is 0 Å². The average molecular weight is 349 g/mol. The summed E-state index contributed by atoms with van der Waals surface area (Å²) in [6, 6.07) is 11.2. The van der Waals surface area contributed by atoms with Gasteiger partial charge in [-0.3, -0.25) is 4.79 Å². The monoisotopic (exact) mass is 349 g/mol. The zero-order chi connectivity index (χ0) is 17.7. The zero-order valence-electron chi connectivity index (χ0n) is 13.1. The standard InChI is InChI=1S/C16H16FN3O3S/c1-11(12-5-9-15(10-6-12)24(22,23)18-2)19-20-16(21)13-3-7-14(17)8-4-13/h3-10,18H,1-2H3,(H,20,21)/b19-11-. The molecular formula is C16H16FN3O3S. The van der Waals surface area contributed by atoms with E-state index in [1.165, 1.54) is 43.4 Å². The Balaban J connectivity index is 2.10. The summed E-state index contributed by atoms with van der Waals surface area (Å²) in [6.07, 6.45) is 0. The van der Waals surface area contributed by atoms with Crippen LogP contribution in [0, 0.1) is 5.82 Å². The number of halogens is 1. The van der Waals surface area contributed by atoms with Gasteiger partial charge in [-0.15, -0.1) is 0 Å². The highest BCUT2D eigenvalue weighted by molar-refractivity contribution is 7.89. The number of carbonyl (C=O) groups is 1. The van der Waals surface area contributed by atoms with Gasteiger partial charge in [-0.2, -0.15) is 5.10 Å². The van der Waals surface area contributed by atoms with Crippen molar-refractivity contribution in [1.82, 2.24) is 10.1 Å². The van der Waals surface area contributed by atoms with E-state index in [4.69, 9.17) is 0 Å². The molecule has 6 nitrogen and oxygen atoms in total. The van der Waals surface area contributed by atoms with Crippen LogP contribution < -0.4 is 10.1 Å². The Kier molecular flexibility index (Phi) is 5.42. The van der Waals surface area contributed by atoms with Crippen LogP contribution in [0.25, 0.3) is 0 Å². The Morgan fingerprint density at radius 2 is 1.54 bits per heavy atom. The molecule has 2 rings (SSSR count). The number of hydrogen-bond acceptors (Lipinski definition) is 4. The maximum atomic E-state index is 12.8. The van der Waals surface area contributed by atoms with Crippen LogP contribution in [0.2, 0.25) is 0 Å². The normalized spacial score (nSPS) is 12.0.